The van der Waals surface area contributed by atoms with Crippen LogP contribution in [0.1, 0.15) is 45.6 Å². The molecule has 0 saturated heterocycles. The van der Waals surface area contributed by atoms with Crippen LogP contribution in [0.2, 0.25) is 0 Å². The fourth-order valence-electron chi connectivity index (χ4n) is 4.11. The van der Waals surface area contributed by atoms with E-state index in [1.807, 2.05) is 49.5 Å². The van der Waals surface area contributed by atoms with Crippen molar-refractivity contribution in [1.29, 1.82) is 0 Å². The predicted octanol–water partition coefficient (Wildman–Crippen LogP) is 5.67. The van der Waals surface area contributed by atoms with E-state index in [4.69, 9.17) is 19.3 Å². The van der Waals surface area contributed by atoms with Crippen LogP contribution >= 0.6 is 0 Å². The second-order valence-electron chi connectivity index (χ2n) is 9.14. The molecule has 1 N–H and O–H groups in total. The maximum atomic E-state index is 10.8. The molecule has 0 radical (unpaired) electrons. The summed E-state index contributed by atoms with van der Waals surface area (Å²) in [4.78, 5) is 2.28. The van der Waals surface area contributed by atoms with E-state index in [1.54, 1.807) is 11.8 Å². The summed E-state index contributed by atoms with van der Waals surface area (Å²) in [6.45, 7) is 8.55. The standard InChI is InChI=1S/C29H41N3O4/c1-6-8-18-35-21-24(33)19-32(22(3)7-2)20-25-28(23-14-10-9-11-15-23)30-31(4)29(25)36-27-17-13-12-16-26(27)34-5/h9-17,22,24,33H,6-8,18-21H2,1-5H3/t22-,24-/m0/s1. The molecule has 0 amide bonds. The number of aliphatic hydroxyl groups excluding tert-OH is 1. The van der Waals surface area contributed by atoms with E-state index in [-0.39, 0.29) is 6.04 Å². The molecule has 196 valence electrons. The molecule has 0 unspecified atom stereocenters. The van der Waals surface area contributed by atoms with Crippen LogP contribution < -0.4 is 9.47 Å². The summed E-state index contributed by atoms with van der Waals surface area (Å²) in [5.41, 5.74) is 2.85. The molecule has 0 aliphatic carbocycles. The molecule has 7 heteroatoms. The molecule has 0 aliphatic heterocycles. The van der Waals surface area contributed by atoms with Crippen molar-refractivity contribution < 1.29 is 19.3 Å². The molecule has 3 rings (SSSR count). The van der Waals surface area contributed by atoms with Gasteiger partial charge in [0.25, 0.3) is 0 Å². The van der Waals surface area contributed by atoms with Gasteiger partial charge < -0.3 is 19.3 Å². The van der Waals surface area contributed by atoms with Gasteiger partial charge in [0.2, 0.25) is 5.88 Å². The molecule has 0 bridgehead atoms. The Morgan fingerprint density at radius 3 is 2.39 bits per heavy atom. The third-order valence-electron chi connectivity index (χ3n) is 6.38. The van der Waals surface area contributed by atoms with Gasteiger partial charge in [0.15, 0.2) is 11.5 Å². The topological polar surface area (TPSA) is 69.0 Å². The summed E-state index contributed by atoms with van der Waals surface area (Å²) in [6, 6.07) is 18.0. The molecule has 2 atom stereocenters. The van der Waals surface area contributed by atoms with E-state index in [1.165, 1.54) is 0 Å². The van der Waals surface area contributed by atoms with Crippen LogP contribution in [0.3, 0.4) is 0 Å². The predicted molar refractivity (Wildman–Crippen MR) is 144 cm³/mol. The summed E-state index contributed by atoms with van der Waals surface area (Å²) in [7, 11) is 3.53. The second kappa shape index (κ2) is 14.0. The summed E-state index contributed by atoms with van der Waals surface area (Å²) in [5.74, 6) is 1.94. The molecule has 3 aromatic rings. The van der Waals surface area contributed by atoms with Crippen molar-refractivity contribution >= 4 is 0 Å². The minimum atomic E-state index is -0.578. The summed E-state index contributed by atoms with van der Waals surface area (Å²) < 4.78 is 19.4. The fraction of sp³-hybridized carbons (Fsp3) is 0.483. The van der Waals surface area contributed by atoms with Crippen LogP contribution in [-0.2, 0) is 18.3 Å². The lowest BCUT2D eigenvalue weighted by atomic mass is 10.1. The number of benzene rings is 2. The number of para-hydroxylation sites is 2. The van der Waals surface area contributed by atoms with E-state index in [2.05, 4.69) is 37.8 Å². The lowest BCUT2D eigenvalue weighted by molar-refractivity contribution is 0.00665. The number of nitrogens with zero attached hydrogens (tertiary/aromatic N) is 3. The van der Waals surface area contributed by atoms with Crippen molar-refractivity contribution in [3.63, 3.8) is 0 Å². The summed E-state index contributed by atoms with van der Waals surface area (Å²) in [5, 5.41) is 15.6. The highest BCUT2D eigenvalue weighted by atomic mass is 16.5. The van der Waals surface area contributed by atoms with Crippen molar-refractivity contribution in [3.8, 4) is 28.6 Å². The third kappa shape index (κ3) is 7.32. The van der Waals surface area contributed by atoms with E-state index in [0.717, 1.165) is 36.1 Å². The first-order valence-corrected chi connectivity index (χ1v) is 12.9. The first kappa shape index (κ1) is 27.7. The Morgan fingerprint density at radius 1 is 1.03 bits per heavy atom. The van der Waals surface area contributed by atoms with Gasteiger partial charge >= 0.3 is 0 Å². The smallest absolute Gasteiger partial charge is 0.222 e. The van der Waals surface area contributed by atoms with Crippen molar-refractivity contribution in [2.24, 2.45) is 7.05 Å². The Balaban J connectivity index is 1.95. The average molecular weight is 496 g/mol. The van der Waals surface area contributed by atoms with Gasteiger partial charge in [0.1, 0.15) is 5.69 Å². The van der Waals surface area contributed by atoms with Gasteiger partial charge in [-0.25, -0.2) is 4.68 Å². The summed E-state index contributed by atoms with van der Waals surface area (Å²) in [6.07, 6.45) is 2.45. The maximum Gasteiger partial charge on any atom is 0.222 e. The number of aryl methyl sites for hydroxylation is 1. The number of rotatable bonds is 15. The Kier molecular flexibility index (Phi) is 10.8. The molecule has 2 aromatic carbocycles. The molecule has 0 aliphatic rings. The first-order chi connectivity index (χ1) is 17.5. The zero-order valence-corrected chi connectivity index (χ0v) is 22.3. The van der Waals surface area contributed by atoms with Gasteiger partial charge in [-0.15, -0.1) is 0 Å². The average Bonchev–Trinajstić information content (AvgIpc) is 3.21. The molecule has 0 fully saturated rings. The van der Waals surface area contributed by atoms with E-state index in [9.17, 15) is 5.11 Å². The SMILES string of the molecule is CCCCOC[C@@H](O)CN(Cc1c(-c2ccccc2)nn(C)c1Oc1ccccc1OC)[C@@H](C)CC. The number of methoxy groups -OCH3 is 1. The lowest BCUT2D eigenvalue weighted by Gasteiger charge is -2.30. The van der Waals surface area contributed by atoms with Crippen LogP contribution in [0, 0.1) is 0 Å². The van der Waals surface area contributed by atoms with Gasteiger partial charge in [0.05, 0.1) is 25.4 Å². The van der Waals surface area contributed by atoms with Crippen LogP contribution in [0.4, 0.5) is 0 Å². The molecule has 1 aromatic heterocycles. The van der Waals surface area contributed by atoms with Gasteiger partial charge in [-0.3, -0.25) is 4.90 Å². The highest BCUT2D eigenvalue weighted by molar-refractivity contribution is 5.66. The number of ether oxygens (including phenoxy) is 3. The van der Waals surface area contributed by atoms with Crippen molar-refractivity contribution in [2.45, 2.75) is 58.7 Å². The van der Waals surface area contributed by atoms with Crippen LogP contribution in [-0.4, -0.2) is 58.8 Å². The van der Waals surface area contributed by atoms with Crippen LogP contribution in [0.5, 0.6) is 17.4 Å². The molecular formula is C29H41N3O4. The van der Waals surface area contributed by atoms with Gasteiger partial charge in [-0.2, -0.15) is 5.10 Å². The minimum Gasteiger partial charge on any atom is -0.493 e. The Bertz CT molecular complexity index is 1050. The monoisotopic (exact) mass is 495 g/mol. The quantitative estimate of drug-likeness (QED) is 0.274. The van der Waals surface area contributed by atoms with Crippen LogP contribution in [0.15, 0.2) is 54.6 Å². The van der Waals surface area contributed by atoms with E-state index < -0.39 is 6.10 Å². The Morgan fingerprint density at radius 2 is 1.72 bits per heavy atom. The van der Waals surface area contributed by atoms with Crippen molar-refractivity contribution in [2.75, 3.05) is 26.9 Å². The van der Waals surface area contributed by atoms with E-state index >= 15 is 0 Å². The highest BCUT2D eigenvalue weighted by Crippen LogP contribution is 2.37. The number of unbranched alkanes of at least 4 members (excludes halogenated alkanes) is 1. The first-order valence-electron chi connectivity index (χ1n) is 12.9. The van der Waals surface area contributed by atoms with Crippen molar-refractivity contribution in [3.05, 3.63) is 60.2 Å². The normalized spacial score (nSPS) is 13.1. The number of hydrogen-bond acceptors (Lipinski definition) is 6. The molecule has 7 nitrogen and oxygen atoms in total. The molecule has 36 heavy (non-hydrogen) atoms. The minimum absolute atomic E-state index is 0.248. The second-order valence-corrected chi connectivity index (χ2v) is 9.14. The summed E-state index contributed by atoms with van der Waals surface area (Å²) >= 11 is 0. The third-order valence-corrected chi connectivity index (χ3v) is 6.38. The zero-order valence-electron chi connectivity index (χ0n) is 22.3. The maximum absolute atomic E-state index is 10.8. The lowest BCUT2D eigenvalue weighted by Crippen LogP contribution is -2.40. The van der Waals surface area contributed by atoms with E-state index in [0.29, 0.717) is 43.7 Å². The molecule has 1 heterocycles. The molecular weight excluding hydrogens is 454 g/mol. The fourth-order valence-corrected chi connectivity index (χ4v) is 4.11. The molecule has 0 spiro atoms. The van der Waals surface area contributed by atoms with Crippen LogP contribution in [0.25, 0.3) is 11.3 Å². The largest absolute Gasteiger partial charge is 0.493 e. The van der Waals surface area contributed by atoms with Gasteiger partial charge in [-0.1, -0.05) is 62.7 Å². The number of hydrogen-bond donors (Lipinski definition) is 1. The Hall–Kier alpha value is -2.87. The van der Waals surface area contributed by atoms with Gasteiger partial charge in [0, 0.05) is 38.3 Å². The molecule has 0 saturated carbocycles. The van der Waals surface area contributed by atoms with Crippen molar-refractivity contribution in [1.82, 2.24) is 14.7 Å². The Labute approximate surface area is 215 Å². The van der Waals surface area contributed by atoms with Gasteiger partial charge in [-0.05, 0) is 31.9 Å². The number of aliphatic hydroxyl groups is 1. The number of aromatic nitrogens is 2. The zero-order chi connectivity index (χ0) is 25.9. The highest BCUT2D eigenvalue weighted by Gasteiger charge is 2.26.